The predicted molar refractivity (Wildman–Crippen MR) is 93.8 cm³/mol. The minimum absolute atomic E-state index is 0.0602. The molecule has 0 bridgehead atoms. The van der Waals surface area contributed by atoms with Crippen molar-refractivity contribution in [2.24, 2.45) is 0 Å². The maximum Gasteiger partial charge on any atom is 0.294 e. The van der Waals surface area contributed by atoms with Crippen LogP contribution in [-0.4, -0.2) is 60.2 Å². The van der Waals surface area contributed by atoms with Gasteiger partial charge < -0.3 is 16.0 Å². The second-order valence-electron chi connectivity index (χ2n) is 4.89. The van der Waals surface area contributed by atoms with E-state index in [4.69, 9.17) is 9.11 Å². The minimum Gasteiger partial charge on any atom is -0.357 e. The molecule has 0 saturated carbocycles. The first-order valence-corrected chi connectivity index (χ1v) is 10.1. The van der Waals surface area contributed by atoms with Crippen LogP contribution in [0.1, 0.15) is 0 Å². The summed E-state index contributed by atoms with van der Waals surface area (Å²) in [6.07, 6.45) is 0. The predicted octanol–water partition coefficient (Wildman–Crippen LogP) is 0.203. The number of rotatable bonds is 8. The molecule has 0 saturated heterocycles. The lowest BCUT2D eigenvalue weighted by Gasteiger charge is -2.10. The van der Waals surface area contributed by atoms with Crippen LogP contribution in [0, 0.1) is 0 Å². The molecule has 12 nitrogen and oxygen atoms in total. The Balaban J connectivity index is 2.16. The Bertz CT molecular complexity index is 978. The average molecular weight is 404 g/mol. The quantitative estimate of drug-likeness (QED) is 0.377. The van der Waals surface area contributed by atoms with E-state index in [1.54, 1.807) is 7.05 Å². The SMILES string of the molecule is CNc1nc(NCCS(=O)(=O)O)nc(Nc2ccc(S(=O)(=O)O)cc2)n1. The highest BCUT2D eigenvalue weighted by Gasteiger charge is 2.11. The van der Waals surface area contributed by atoms with Gasteiger partial charge in [-0.05, 0) is 24.3 Å². The van der Waals surface area contributed by atoms with Crippen molar-refractivity contribution < 1.29 is 25.9 Å². The first kappa shape index (κ1) is 19.8. The molecular formula is C12H16N6O6S2. The van der Waals surface area contributed by atoms with Crippen LogP contribution in [0.15, 0.2) is 29.2 Å². The molecule has 0 unspecified atom stereocenters. The zero-order chi connectivity index (χ0) is 19.4. The lowest BCUT2D eigenvalue weighted by Crippen LogP contribution is -2.17. The smallest absolute Gasteiger partial charge is 0.294 e. The largest absolute Gasteiger partial charge is 0.357 e. The number of hydrogen-bond donors (Lipinski definition) is 5. The summed E-state index contributed by atoms with van der Waals surface area (Å²) >= 11 is 0. The van der Waals surface area contributed by atoms with E-state index in [1.165, 1.54) is 24.3 Å². The van der Waals surface area contributed by atoms with Crippen molar-refractivity contribution in [2.75, 3.05) is 35.3 Å². The van der Waals surface area contributed by atoms with Crippen molar-refractivity contribution in [2.45, 2.75) is 4.90 Å². The third kappa shape index (κ3) is 6.07. The lowest BCUT2D eigenvalue weighted by atomic mass is 10.3. The third-order valence-corrected chi connectivity index (χ3v) is 4.50. The van der Waals surface area contributed by atoms with E-state index in [2.05, 4.69) is 30.9 Å². The number of anilines is 4. The van der Waals surface area contributed by atoms with Crippen molar-refractivity contribution in [3.8, 4) is 0 Å². The number of hydrogen-bond acceptors (Lipinski definition) is 10. The van der Waals surface area contributed by atoms with Gasteiger partial charge in [-0.3, -0.25) is 9.11 Å². The van der Waals surface area contributed by atoms with Crippen LogP contribution in [0.3, 0.4) is 0 Å². The molecule has 14 heteroatoms. The van der Waals surface area contributed by atoms with Crippen LogP contribution in [0.2, 0.25) is 0 Å². The second kappa shape index (κ2) is 7.77. The minimum atomic E-state index is -4.29. The average Bonchev–Trinajstić information content (AvgIpc) is 2.53. The van der Waals surface area contributed by atoms with Gasteiger partial charge in [0.2, 0.25) is 17.8 Å². The molecule has 1 heterocycles. The first-order valence-electron chi connectivity index (χ1n) is 7.04. The van der Waals surface area contributed by atoms with Gasteiger partial charge in [0.1, 0.15) is 0 Å². The highest BCUT2D eigenvalue weighted by atomic mass is 32.2. The number of nitrogens with one attached hydrogen (secondary N) is 3. The van der Waals surface area contributed by atoms with Crippen LogP contribution < -0.4 is 16.0 Å². The van der Waals surface area contributed by atoms with E-state index in [-0.39, 0.29) is 29.3 Å². The number of benzene rings is 1. The molecule has 1 aromatic heterocycles. The Morgan fingerprint density at radius 3 is 2.04 bits per heavy atom. The van der Waals surface area contributed by atoms with E-state index in [0.717, 1.165) is 0 Å². The Hall–Kier alpha value is -2.55. The van der Waals surface area contributed by atoms with E-state index in [0.29, 0.717) is 5.69 Å². The van der Waals surface area contributed by atoms with Gasteiger partial charge in [0.25, 0.3) is 20.2 Å². The molecule has 0 atom stereocenters. The van der Waals surface area contributed by atoms with Gasteiger partial charge in [0, 0.05) is 19.3 Å². The van der Waals surface area contributed by atoms with Crippen LogP contribution in [0.25, 0.3) is 0 Å². The number of aromatic nitrogens is 3. The van der Waals surface area contributed by atoms with Crippen molar-refractivity contribution in [1.82, 2.24) is 15.0 Å². The van der Waals surface area contributed by atoms with Gasteiger partial charge in [0.05, 0.1) is 10.6 Å². The first-order chi connectivity index (χ1) is 12.1. The fourth-order valence-corrected chi connectivity index (χ4v) is 2.59. The normalized spacial score (nSPS) is 11.8. The third-order valence-electron chi connectivity index (χ3n) is 2.91. The van der Waals surface area contributed by atoms with Gasteiger partial charge in [-0.25, -0.2) is 0 Å². The molecule has 0 radical (unpaired) electrons. The molecule has 0 amide bonds. The Morgan fingerprint density at radius 1 is 0.923 bits per heavy atom. The second-order valence-corrected chi connectivity index (χ2v) is 7.89. The summed E-state index contributed by atoms with van der Waals surface area (Å²) < 4.78 is 61.2. The molecule has 0 fully saturated rings. The molecule has 2 rings (SSSR count). The maximum absolute atomic E-state index is 11.0. The highest BCUT2D eigenvalue weighted by Crippen LogP contribution is 2.18. The lowest BCUT2D eigenvalue weighted by molar-refractivity contribution is 0.481. The molecule has 142 valence electrons. The van der Waals surface area contributed by atoms with Crippen LogP contribution in [0.4, 0.5) is 23.5 Å². The van der Waals surface area contributed by atoms with E-state index < -0.39 is 26.0 Å². The molecule has 0 aliphatic carbocycles. The van der Waals surface area contributed by atoms with Crippen molar-refractivity contribution in [1.29, 1.82) is 0 Å². The van der Waals surface area contributed by atoms with Crippen molar-refractivity contribution in [3.63, 3.8) is 0 Å². The summed E-state index contributed by atoms with van der Waals surface area (Å²) in [4.78, 5) is 11.8. The van der Waals surface area contributed by atoms with E-state index >= 15 is 0 Å². The van der Waals surface area contributed by atoms with Gasteiger partial charge in [-0.2, -0.15) is 31.8 Å². The summed E-state index contributed by atoms with van der Waals surface area (Å²) in [6, 6.07) is 5.20. The molecule has 1 aromatic carbocycles. The molecular weight excluding hydrogens is 388 g/mol. The van der Waals surface area contributed by atoms with Crippen molar-refractivity contribution in [3.05, 3.63) is 24.3 Å². The summed E-state index contributed by atoms with van der Waals surface area (Å²) in [5.41, 5.74) is 0.439. The maximum atomic E-state index is 11.0. The molecule has 0 aliphatic rings. The zero-order valence-electron chi connectivity index (χ0n) is 13.4. The number of nitrogens with zero attached hydrogens (tertiary/aromatic N) is 3. The zero-order valence-corrected chi connectivity index (χ0v) is 15.0. The monoisotopic (exact) mass is 404 g/mol. The van der Waals surface area contributed by atoms with Gasteiger partial charge in [-0.15, -0.1) is 0 Å². The fraction of sp³-hybridized carbons (Fsp3) is 0.250. The molecule has 0 aliphatic heterocycles. The van der Waals surface area contributed by atoms with Crippen LogP contribution >= 0.6 is 0 Å². The van der Waals surface area contributed by atoms with Crippen molar-refractivity contribution >= 4 is 43.8 Å². The van der Waals surface area contributed by atoms with E-state index in [9.17, 15) is 16.8 Å². The van der Waals surface area contributed by atoms with Gasteiger partial charge in [-0.1, -0.05) is 0 Å². The molecule has 5 N–H and O–H groups in total. The van der Waals surface area contributed by atoms with Crippen LogP contribution in [-0.2, 0) is 20.2 Å². The summed E-state index contributed by atoms with van der Waals surface area (Å²) in [7, 11) is -6.84. The standard InChI is InChI=1S/C12H16N6O6S2/c1-13-10-16-11(14-6-7-25(19,20)21)18-12(17-10)15-8-2-4-9(5-3-8)26(22,23)24/h2-5H,6-7H2,1H3,(H,19,20,21)(H,22,23,24)(H3,13,14,15,16,17,18). The van der Waals surface area contributed by atoms with Gasteiger partial charge in [0.15, 0.2) is 0 Å². The Kier molecular flexibility index (Phi) is 5.91. The van der Waals surface area contributed by atoms with Gasteiger partial charge >= 0.3 is 0 Å². The molecule has 0 spiro atoms. The van der Waals surface area contributed by atoms with E-state index in [1.807, 2.05) is 0 Å². The summed E-state index contributed by atoms with van der Waals surface area (Å²) in [5.74, 6) is -0.178. The fourth-order valence-electron chi connectivity index (χ4n) is 1.75. The summed E-state index contributed by atoms with van der Waals surface area (Å²) in [6.45, 7) is -0.117. The topological polar surface area (TPSA) is 184 Å². The van der Waals surface area contributed by atoms with Crippen LogP contribution in [0.5, 0.6) is 0 Å². The Morgan fingerprint density at radius 2 is 1.50 bits per heavy atom. The molecule has 2 aromatic rings. The Labute approximate surface area is 149 Å². The summed E-state index contributed by atoms with van der Waals surface area (Å²) in [5, 5.41) is 8.16. The highest BCUT2D eigenvalue weighted by molar-refractivity contribution is 7.86. The molecule has 26 heavy (non-hydrogen) atoms.